The van der Waals surface area contributed by atoms with Gasteiger partial charge in [-0.05, 0) is 29.9 Å². The molecule has 0 aliphatic heterocycles. The molecule has 0 bridgehead atoms. The first-order valence-corrected chi connectivity index (χ1v) is 6.18. The average molecular weight is 233 g/mol. The smallest absolute Gasteiger partial charge is 0.311 e. The van der Waals surface area contributed by atoms with Crippen molar-refractivity contribution in [2.75, 3.05) is 5.73 Å². The molecule has 92 valence electrons. The number of nitrogens with two attached hydrogens (primary N) is 1. The number of carboxylic acids is 1. The van der Waals surface area contributed by atoms with Crippen molar-refractivity contribution in [2.24, 2.45) is 11.8 Å². The van der Waals surface area contributed by atoms with Gasteiger partial charge >= 0.3 is 5.97 Å². The minimum Gasteiger partial charge on any atom is -0.481 e. The van der Waals surface area contributed by atoms with Crippen LogP contribution in [-0.2, 0) is 4.79 Å². The number of nitrogen functional groups attached to an aromatic ring is 1. The summed E-state index contributed by atoms with van der Waals surface area (Å²) < 4.78 is 0. The Morgan fingerprint density at radius 1 is 1.41 bits per heavy atom. The summed E-state index contributed by atoms with van der Waals surface area (Å²) in [7, 11) is 0. The second kappa shape index (κ2) is 4.78. The lowest BCUT2D eigenvalue weighted by atomic mass is 9.80. The summed E-state index contributed by atoms with van der Waals surface area (Å²) >= 11 is 0. The second-order valence-corrected chi connectivity index (χ2v) is 5.02. The largest absolute Gasteiger partial charge is 0.481 e. The van der Waals surface area contributed by atoms with E-state index in [1.54, 1.807) is 6.07 Å². The zero-order valence-corrected chi connectivity index (χ0v) is 10.1. The van der Waals surface area contributed by atoms with E-state index in [2.05, 4.69) is 6.92 Å². The van der Waals surface area contributed by atoms with Gasteiger partial charge in [0.15, 0.2) is 0 Å². The predicted octanol–water partition coefficient (Wildman–Crippen LogP) is 2.87. The van der Waals surface area contributed by atoms with Crippen LogP contribution in [0.2, 0.25) is 0 Å². The van der Waals surface area contributed by atoms with Gasteiger partial charge in [0.05, 0.1) is 5.92 Å². The van der Waals surface area contributed by atoms with Crippen LogP contribution in [0.3, 0.4) is 0 Å². The number of benzene rings is 1. The van der Waals surface area contributed by atoms with Crippen molar-refractivity contribution in [1.82, 2.24) is 0 Å². The van der Waals surface area contributed by atoms with Crippen LogP contribution in [0, 0.1) is 11.8 Å². The van der Waals surface area contributed by atoms with Crippen LogP contribution in [-0.4, -0.2) is 11.1 Å². The Morgan fingerprint density at radius 3 is 2.65 bits per heavy atom. The van der Waals surface area contributed by atoms with Gasteiger partial charge < -0.3 is 10.8 Å². The summed E-state index contributed by atoms with van der Waals surface area (Å²) in [6.07, 6.45) is 3.25. The van der Waals surface area contributed by atoms with Crippen LogP contribution in [0.1, 0.15) is 37.7 Å². The number of carboxylic acid groups (broad SMARTS) is 1. The van der Waals surface area contributed by atoms with Crippen LogP contribution in [0.15, 0.2) is 24.3 Å². The first-order valence-electron chi connectivity index (χ1n) is 6.18. The summed E-state index contributed by atoms with van der Waals surface area (Å²) in [6.45, 7) is 2.15. The Bertz CT molecular complexity index is 416. The van der Waals surface area contributed by atoms with Gasteiger partial charge in [0.1, 0.15) is 0 Å². The normalized spacial score (nSPS) is 25.7. The number of para-hydroxylation sites is 1. The number of aliphatic carboxylic acids is 1. The third kappa shape index (κ3) is 2.28. The van der Waals surface area contributed by atoms with Gasteiger partial charge in [-0.2, -0.15) is 0 Å². The Kier molecular flexibility index (Phi) is 3.36. The van der Waals surface area contributed by atoms with Gasteiger partial charge in [-0.15, -0.1) is 0 Å². The molecule has 0 saturated heterocycles. The molecule has 1 aliphatic rings. The molecule has 3 nitrogen and oxygen atoms in total. The topological polar surface area (TPSA) is 63.3 Å². The molecule has 1 aromatic rings. The van der Waals surface area contributed by atoms with Crippen molar-refractivity contribution < 1.29 is 9.90 Å². The van der Waals surface area contributed by atoms with E-state index >= 15 is 0 Å². The molecule has 2 rings (SSSR count). The number of hydrogen-bond acceptors (Lipinski definition) is 2. The SMILES string of the molecule is CC1CCCC1C(C(=O)O)c1ccccc1N. The summed E-state index contributed by atoms with van der Waals surface area (Å²) in [4.78, 5) is 11.5. The number of anilines is 1. The van der Waals surface area contributed by atoms with Gasteiger partial charge in [0.2, 0.25) is 0 Å². The number of carbonyl (C=O) groups is 1. The molecule has 0 aromatic heterocycles. The lowest BCUT2D eigenvalue weighted by molar-refractivity contribution is -0.140. The monoisotopic (exact) mass is 233 g/mol. The van der Waals surface area contributed by atoms with Crippen LogP contribution >= 0.6 is 0 Å². The Morgan fingerprint density at radius 2 is 2.12 bits per heavy atom. The molecule has 1 aliphatic carbocycles. The van der Waals surface area contributed by atoms with E-state index in [1.165, 1.54) is 0 Å². The molecular weight excluding hydrogens is 214 g/mol. The van der Waals surface area contributed by atoms with Gasteiger partial charge in [-0.25, -0.2) is 0 Å². The average Bonchev–Trinajstić information content (AvgIpc) is 2.68. The van der Waals surface area contributed by atoms with E-state index < -0.39 is 11.9 Å². The zero-order valence-electron chi connectivity index (χ0n) is 10.1. The second-order valence-electron chi connectivity index (χ2n) is 5.02. The summed E-state index contributed by atoms with van der Waals surface area (Å²) in [5, 5.41) is 9.47. The molecule has 0 amide bonds. The maximum absolute atomic E-state index is 11.5. The highest BCUT2D eigenvalue weighted by molar-refractivity contribution is 5.79. The lowest BCUT2D eigenvalue weighted by Gasteiger charge is -2.24. The zero-order chi connectivity index (χ0) is 12.4. The van der Waals surface area contributed by atoms with Crippen LogP contribution in [0.25, 0.3) is 0 Å². The summed E-state index contributed by atoms with van der Waals surface area (Å²) in [5.41, 5.74) is 7.28. The van der Waals surface area contributed by atoms with E-state index in [9.17, 15) is 9.90 Å². The van der Waals surface area contributed by atoms with Crippen molar-refractivity contribution in [3.8, 4) is 0 Å². The fourth-order valence-corrected chi connectivity index (χ4v) is 3.01. The molecule has 1 aromatic carbocycles. The molecule has 0 radical (unpaired) electrons. The van der Waals surface area contributed by atoms with Crippen molar-refractivity contribution >= 4 is 11.7 Å². The van der Waals surface area contributed by atoms with Gasteiger partial charge in [0.25, 0.3) is 0 Å². The molecule has 3 N–H and O–H groups in total. The lowest BCUT2D eigenvalue weighted by Crippen LogP contribution is -2.24. The van der Waals surface area contributed by atoms with Crippen LogP contribution in [0.4, 0.5) is 5.69 Å². The summed E-state index contributed by atoms with van der Waals surface area (Å²) in [5.74, 6) is -0.511. The Labute approximate surface area is 102 Å². The van der Waals surface area contributed by atoms with E-state index in [1.807, 2.05) is 18.2 Å². The molecule has 0 spiro atoms. The summed E-state index contributed by atoms with van der Waals surface area (Å²) in [6, 6.07) is 7.33. The third-order valence-electron chi connectivity index (χ3n) is 3.95. The highest BCUT2D eigenvalue weighted by atomic mass is 16.4. The van der Waals surface area contributed by atoms with E-state index in [0.717, 1.165) is 24.8 Å². The number of rotatable bonds is 3. The molecular formula is C14H19NO2. The molecule has 1 fully saturated rings. The van der Waals surface area contributed by atoms with Crippen molar-refractivity contribution in [3.05, 3.63) is 29.8 Å². The molecule has 17 heavy (non-hydrogen) atoms. The van der Waals surface area contributed by atoms with Crippen molar-refractivity contribution in [1.29, 1.82) is 0 Å². The standard InChI is InChI=1S/C14H19NO2/c1-9-5-4-7-10(9)13(14(16)17)11-6-2-3-8-12(11)15/h2-3,6,8-10,13H,4-5,7,15H2,1H3,(H,16,17). The van der Waals surface area contributed by atoms with E-state index in [-0.39, 0.29) is 5.92 Å². The van der Waals surface area contributed by atoms with Crippen molar-refractivity contribution in [2.45, 2.75) is 32.1 Å². The molecule has 3 atom stereocenters. The first-order chi connectivity index (χ1) is 8.11. The fourth-order valence-electron chi connectivity index (χ4n) is 3.01. The van der Waals surface area contributed by atoms with Crippen LogP contribution < -0.4 is 5.73 Å². The Balaban J connectivity index is 2.36. The predicted molar refractivity (Wildman–Crippen MR) is 67.7 cm³/mol. The fraction of sp³-hybridized carbons (Fsp3) is 0.500. The highest BCUT2D eigenvalue weighted by Gasteiger charge is 2.37. The van der Waals surface area contributed by atoms with Crippen LogP contribution in [0.5, 0.6) is 0 Å². The minimum atomic E-state index is -0.748. The maximum atomic E-state index is 11.5. The molecule has 3 unspecified atom stereocenters. The number of hydrogen-bond donors (Lipinski definition) is 2. The van der Waals surface area contributed by atoms with Gasteiger partial charge in [-0.1, -0.05) is 38.0 Å². The minimum absolute atomic E-state index is 0.220. The highest BCUT2D eigenvalue weighted by Crippen LogP contribution is 2.42. The maximum Gasteiger partial charge on any atom is 0.311 e. The van der Waals surface area contributed by atoms with E-state index in [0.29, 0.717) is 11.6 Å². The third-order valence-corrected chi connectivity index (χ3v) is 3.95. The quantitative estimate of drug-likeness (QED) is 0.789. The van der Waals surface area contributed by atoms with Crippen molar-refractivity contribution in [3.63, 3.8) is 0 Å². The first kappa shape index (κ1) is 12.0. The van der Waals surface area contributed by atoms with Gasteiger partial charge in [0, 0.05) is 5.69 Å². The van der Waals surface area contributed by atoms with Gasteiger partial charge in [-0.3, -0.25) is 4.79 Å². The molecule has 1 saturated carbocycles. The molecule has 0 heterocycles. The Hall–Kier alpha value is -1.51. The molecule has 3 heteroatoms. The van der Waals surface area contributed by atoms with E-state index in [4.69, 9.17) is 5.73 Å².